The Morgan fingerprint density at radius 2 is 1.79 bits per heavy atom. The Hall–Kier alpha value is -1.31. The second-order valence-electron chi connectivity index (χ2n) is 5.97. The summed E-state index contributed by atoms with van der Waals surface area (Å²) in [5.74, 6) is -0.210. The zero-order valence-electron chi connectivity index (χ0n) is 12.7. The summed E-state index contributed by atoms with van der Waals surface area (Å²) in [5, 5.41) is 0. The third kappa shape index (κ3) is 5.91. The lowest BCUT2D eigenvalue weighted by Crippen LogP contribution is -2.24. The molecule has 0 unspecified atom stereocenters. The van der Waals surface area contributed by atoms with Gasteiger partial charge in [0.15, 0.2) is 0 Å². The van der Waals surface area contributed by atoms with Crippen molar-refractivity contribution < 1.29 is 9.53 Å². The van der Waals surface area contributed by atoms with Gasteiger partial charge in [-0.3, -0.25) is 0 Å². The van der Waals surface area contributed by atoms with E-state index in [-0.39, 0.29) is 5.97 Å². The number of hydrogen-bond acceptors (Lipinski definition) is 2. The molecule has 0 aromatic heterocycles. The molecule has 0 aliphatic rings. The molecule has 0 radical (unpaired) electrons. The van der Waals surface area contributed by atoms with Crippen LogP contribution in [0.2, 0.25) is 0 Å². The van der Waals surface area contributed by atoms with Crippen LogP contribution >= 0.6 is 0 Å². The van der Waals surface area contributed by atoms with Crippen molar-refractivity contribution in [2.24, 2.45) is 0 Å². The van der Waals surface area contributed by atoms with Gasteiger partial charge in [0.1, 0.15) is 5.60 Å². The predicted molar refractivity (Wildman–Crippen MR) is 79.5 cm³/mol. The predicted octanol–water partition coefficient (Wildman–Crippen LogP) is 4.76. The molecule has 19 heavy (non-hydrogen) atoms. The molecule has 0 aliphatic heterocycles. The molecule has 0 N–H and O–H groups in total. The minimum atomic E-state index is -0.438. The van der Waals surface area contributed by atoms with E-state index >= 15 is 0 Å². The number of esters is 1. The minimum Gasteiger partial charge on any atom is -0.456 e. The highest BCUT2D eigenvalue weighted by atomic mass is 16.6. The molecule has 0 bridgehead atoms. The molecule has 1 aromatic rings. The van der Waals surface area contributed by atoms with Crippen molar-refractivity contribution in [3.05, 3.63) is 35.4 Å². The van der Waals surface area contributed by atoms with E-state index in [4.69, 9.17) is 4.74 Å². The summed E-state index contributed by atoms with van der Waals surface area (Å²) in [6.45, 7) is 7.90. The summed E-state index contributed by atoms with van der Waals surface area (Å²) in [7, 11) is 0. The number of unbranched alkanes of at least 4 members (excludes halogenated alkanes) is 3. The number of ether oxygens (including phenoxy) is 1. The summed E-state index contributed by atoms with van der Waals surface area (Å²) < 4.78 is 5.45. The van der Waals surface area contributed by atoms with Gasteiger partial charge in [0.25, 0.3) is 0 Å². The maximum absolute atomic E-state index is 12.1. The van der Waals surface area contributed by atoms with Crippen LogP contribution in [0.4, 0.5) is 0 Å². The third-order valence-electron chi connectivity index (χ3n) is 2.94. The van der Waals surface area contributed by atoms with Crippen LogP contribution in [0.25, 0.3) is 0 Å². The molecule has 0 heterocycles. The molecule has 2 heteroatoms. The van der Waals surface area contributed by atoms with Gasteiger partial charge in [-0.25, -0.2) is 4.79 Å². The Kier molecular flexibility index (Phi) is 6.07. The quantitative estimate of drug-likeness (QED) is 0.545. The fourth-order valence-electron chi connectivity index (χ4n) is 2.01. The van der Waals surface area contributed by atoms with Gasteiger partial charge in [0.2, 0.25) is 0 Å². The highest BCUT2D eigenvalue weighted by Crippen LogP contribution is 2.17. The molecule has 0 atom stereocenters. The summed E-state index contributed by atoms with van der Waals surface area (Å²) in [6.07, 6.45) is 5.80. The first-order chi connectivity index (χ1) is 8.94. The van der Waals surface area contributed by atoms with Crippen LogP contribution in [-0.2, 0) is 11.2 Å². The summed E-state index contributed by atoms with van der Waals surface area (Å²) in [6, 6.07) is 7.78. The van der Waals surface area contributed by atoms with Gasteiger partial charge >= 0.3 is 5.97 Å². The molecule has 0 fully saturated rings. The maximum Gasteiger partial charge on any atom is 0.338 e. The number of benzene rings is 1. The Morgan fingerprint density at radius 3 is 2.42 bits per heavy atom. The first-order valence-electron chi connectivity index (χ1n) is 7.25. The fourth-order valence-corrected chi connectivity index (χ4v) is 2.01. The van der Waals surface area contributed by atoms with Gasteiger partial charge in [-0.05, 0) is 45.2 Å². The topological polar surface area (TPSA) is 26.3 Å². The van der Waals surface area contributed by atoms with Gasteiger partial charge in [-0.1, -0.05) is 44.4 Å². The van der Waals surface area contributed by atoms with Crippen molar-refractivity contribution in [3.63, 3.8) is 0 Å². The number of aryl methyl sites for hydroxylation is 1. The van der Waals surface area contributed by atoms with Crippen LogP contribution in [0.3, 0.4) is 0 Å². The fraction of sp³-hybridized carbons (Fsp3) is 0.588. The maximum atomic E-state index is 12.1. The van der Waals surface area contributed by atoms with Crippen molar-refractivity contribution in [2.75, 3.05) is 0 Å². The molecule has 2 nitrogen and oxygen atoms in total. The molecule has 106 valence electrons. The second-order valence-corrected chi connectivity index (χ2v) is 5.97. The highest BCUT2D eigenvalue weighted by Gasteiger charge is 2.19. The number of carbonyl (C=O) groups is 1. The van der Waals surface area contributed by atoms with Crippen LogP contribution in [0.15, 0.2) is 24.3 Å². The first kappa shape index (κ1) is 15.7. The number of rotatable bonds is 6. The summed E-state index contributed by atoms with van der Waals surface area (Å²) in [4.78, 5) is 12.1. The Morgan fingerprint density at radius 1 is 1.11 bits per heavy atom. The van der Waals surface area contributed by atoms with Gasteiger partial charge in [0.05, 0.1) is 5.56 Å². The summed E-state index contributed by atoms with van der Waals surface area (Å²) >= 11 is 0. The lowest BCUT2D eigenvalue weighted by Gasteiger charge is -2.20. The average Bonchev–Trinajstić information content (AvgIpc) is 2.33. The Balaban J connectivity index is 2.69. The zero-order valence-corrected chi connectivity index (χ0v) is 12.7. The van der Waals surface area contributed by atoms with E-state index in [0.717, 1.165) is 18.4 Å². The molecule has 0 spiro atoms. The van der Waals surface area contributed by atoms with E-state index in [2.05, 4.69) is 6.92 Å². The van der Waals surface area contributed by atoms with Crippen molar-refractivity contribution >= 4 is 5.97 Å². The average molecular weight is 262 g/mol. The lowest BCUT2D eigenvalue weighted by atomic mass is 10.0. The zero-order chi connectivity index (χ0) is 14.3. The van der Waals surface area contributed by atoms with E-state index in [0.29, 0.717) is 5.56 Å². The van der Waals surface area contributed by atoms with Crippen molar-refractivity contribution in [3.8, 4) is 0 Å². The van der Waals surface area contributed by atoms with Gasteiger partial charge in [-0.15, -0.1) is 0 Å². The van der Waals surface area contributed by atoms with Gasteiger partial charge in [-0.2, -0.15) is 0 Å². The van der Waals surface area contributed by atoms with Crippen molar-refractivity contribution in [2.45, 2.75) is 65.4 Å². The monoisotopic (exact) mass is 262 g/mol. The van der Waals surface area contributed by atoms with Crippen LogP contribution in [0.5, 0.6) is 0 Å². The van der Waals surface area contributed by atoms with E-state index < -0.39 is 5.60 Å². The molecule has 1 rings (SSSR count). The molecule has 0 saturated heterocycles. The van der Waals surface area contributed by atoms with Crippen LogP contribution in [0, 0.1) is 0 Å². The standard InChI is InChI=1S/C17H26O2/c1-5-6-7-8-11-14-12-9-10-13-15(14)16(18)19-17(2,3)4/h9-10,12-13H,5-8,11H2,1-4H3. The van der Waals surface area contributed by atoms with Crippen LogP contribution in [-0.4, -0.2) is 11.6 Å². The van der Waals surface area contributed by atoms with Gasteiger partial charge < -0.3 is 4.74 Å². The van der Waals surface area contributed by atoms with E-state index in [9.17, 15) is 4.79 Å². The lowest BCUT2D eigenvalue weighted by molar-refractivity contribution is 0.00683. The number of hydrogen-bond donors (Lipinski definition) is 0. The minimum absolute atomic E-state index is 0.210. The summed E-state index contributed by atoms with van der Waals surface area (Å²) in [5.41, 5.74) is 1.38. The Labute approximate surface area is 117 Å². The van der Waals surface area contributed by atoms with Crippen LogP contribution in [0.1, 0.15) is 69.3 Å². The molecule has 0 amide bonds. The molecular formula is C17H26O2. The highest BCUT2D eigenvalue weighted by molar-refractivity contribution is 5.91. The van der Waals surface area contributed by atoms with Crippen LogP contribution < -0.4 is 0 Å². The van der Waals surface area contributed by atoms with Gasteiger partial charge in [0, 0.05) is 0 Å². The van der Waals surface area contributed by atoms with Crippen molar-refractivity contribution in [1.82, 2.24) is 0 Å². The normalized spacial score (nSPS) is 11.4. The van der Waals surface area contributed by atoms with Crippen molar-refractivity contribution in [1.29, 1.82) is 0 Å². The largest absolute Gasteiger partial charge is 0.456 e. The second kappa shape index (κ2) is 7.32. The van der Waals surface area contributed by atoms with E-state index in [1.165, 1.54) is 19.3 Å². The first-order valence-corrected chi connectivity index (χ1v) is 7.25. The Bertz CT molecular complexity index is 402. The van der Waals surface area contributed by atoms with E-state index in [1.807, 2.05) is 45.0 Å². The molecular weight excluding hydrogens is 236 g/mol. The smallest absolute Gasteiger partial charge is 0.338 e. The number of carbonyl (C=O) groups excluding carboxylic acids is 1. The SMILES string of the molecule is CCCCCCc1ccccc1C(=O)OC(C)(C)C. The molecule has 0 saturated carbocycles. The van der Waals surface area contributed by atoms with E-state index in [1.54, 1.807) is 0 Å². The third-order valence-corrected chi connectivity index (χ3v) is 2.94. The molecule has 0 aliphatic carbocycles. The molecule has 1 aromatic carbocycles.